The Bertz CT molecular complexity index is 867. The zero-order chi connectivity index (χ0) is 21.3. The van der Waals surface area contributed by atoms with Crippen LogP contribution in [-0.2, 0) is 0 Å². The number of ether oxygens (including phenoxy) is 1. The number of aromatic carboxylic acids is 1. The first kappa shape index (κ1) is 23.3. The molecule has 0 amide bonds. The molecule has 0 aliphatic rings. The topological polar surface area (TPSA) is 46.5 Å². The van der Waals surface area contributed by atoms with Gasteiger partial charge in [-0.1, -0.05) is 72.9 Å². The van der Waals surface area contributed by atoms with E-state index in [9.17, 15) is 4.79 Å². The smallest absolute Gasteiger partial charge is 0.335 e. The predicted octanol–water partition coefficient (Wildman–Crippen LogP) is 6.95. The molecule has 0 aliphatic heterocycles. The molecule has 156 valence electrons. The zero-order valence-electron chi connectivity index (χ0n) is 17.0. The maximum atomic E-state index is 11.0. The van der Waals surface area contributed by atoms with Crippen molar-refractivity contribution >= 4 is 17.7 Å². The number of carbonyl (C=O) groups is 1. The quantitative estimate of drug-likeness (QED) is 0.281. The van der Waals surface area contributed by atoms with E-state index < -0.39 is 5.97 Å². The second-order valence-electron chi connectivity index (χ2n) is 6.36. The van der Waals surface area contributed by atoms with Crippen LogP contribution >= 0.6 is 11.8 Å². The van der Waals surface area contributed by atoms with Gasteiger partial charge in [0, 0.05) is 10.6 Å². The molecule has 0 saturated heterocycles. The Morgan fingerprint density at radius 2 is 1.43 bits per heavy atom. The lowest BCUT2D eigenvalue weighted by Crippen LogP contribution is -1.95. The van der Waals surface area contributed by atoms with Gasteiger partial charge < -0.3 is 9.84 Å². The summed E-state index contributed by atoms with van der Waals surface area (Å²) in [6.07, 6.45) is 19.8. The lowest BCUT2D eigenvalue weighted by atomic mass is 10.2. The lowest BCUT2D eigenvalue weighted by molar-refractivity contribution is 0.0696. The van der Waals surface area contributed by atoms with Crippen molar-refractivity contribution in [3.8, 4) is 5.75 Å². The Hall–Kier alpha value is -2.98. The van der Waals surface area contributed by atoms with E-state index in [0.29, 0.717) is 12.2 Å². The van der Waals surface area contributed by atoms with Gasteiger partial charge in [0.05, 0.1) is 5.56 Å². The largest absolute Gasteiger partial charge is 0.490 e. The second-order valence-corrected chi connectivity index (χ2v) is 7.45. The van der Waals surface area contributed by atoms with Crippen LogP contribution in [0.5, 0.6) is 5.75 Å². The van der Waals surface area contributed by atoms with Crippen molar-refractivity contribution in [3.63, 3.8) is 0 Å². The van der Waals surface area contributed by atoms with Crippen molar-refractivity contribution in [3.05, 3.63) is 109 Å². The summed E-state index contributed by atoms with van der Waals surface area (Å²) in [5, 5.41) is 9.00. The van der Waals surface area contributed by atoms with Crippen molar-refractivity contribution in [2.45, 2.75) is 24.2 Å². The Kier molecular flexibility index (Phi) is 11.6. The first-order chi connectivity index (χ1) is 14.8. The van der Waals surface area contributed by atoms with Crippen LogP contribution in [0.15, 0.2) is 108 Å². The van der Waals surface area contributed by atoms with E-state index in [4.69, 9.17) is 9.84 Å². The van der Waals surface area contributed by atoms with E-state index in [2.05, 4.69) is 42.5 Å². The van der Waals surface area contributed by atoms with Crippen LogP contribution in [0.2, 0.25) is 0 Å². The number of thioether (sulfide) groups is 1. The normalized spacial score (nSPS) is 11.9. The Balaban J connectivity index is 1.49. The summed E-state index contributed by atoms with van der Waals surface area (Å²) >= 11 is 1.63. The number of carboxylic acid groups (broad SMARTS) is 1. The van der Waals surface area contributed by atoms with Crippen LogP contribution in [0.25, 0.3) is 0 Å². The van der Waals surface area contributed by atoms with Crippen LogP contribution in [0, 0.1) is 0 Å². The molecular formula is C26H28O3S. The molecule has 0 unspecified atom stereocenters. The van der Waals surface area contributed by atoms with E-state index in [1.165, 1.54) is 0 Å². The molecule has 2 aromatic rings. The number of para-hydroxylation sites is 1. The molecule has 2 aromatic carbocycles. The Morgan fingerprint density at radius 1 is 0.800 bits per heavy atom. The fraction of sp³-hybridized carbons (Fsp3) is 0.192. The van der Waals surface area contributed by atoms with Gasteiger partial charge in [0.25, 0.3) is 0 Å². The highest BCUT2D eigenvalue weighted by molar-refractivity contribution is 7.99. The summed E-state index contributed by atoms with van der Waals surface area (Å²) in [6.45, 7) is 0.591. The average Bonchev–Trinajstić information content (AvgIpc) is 2.77. The molecule has 2 rings (SSSR count). The molecule has 0 atom stereocenters. The van der Waals surface area contributed by atoms with E-state index in [0.717, 1.165) is 35.7 Å². The Morgan fingerprint density at radius 3 is 2.10 bits per heavy atom. The monoisotopic (exact) mass is 420 g/mol. The highest BCUT2D eigenvalue weighted by atomic mass is 32.2. The minimum Gasteiger partial charge on any atom is -0.490 e. The van der Waals surface area contributed by atoms with Gasteiger partial charge >= 0.3 is 5.97 Å². The Labute approximate surface area is 183 Å². The van der Waals surface area contributed by atoms with Crippen LogP contribution in [0.4, 0.5) is 0 Å². The molecule has 0 heterocycles. The van der Waals surface area contributed by atoms with E-state index in [1.807, 2.05) is 42.5 Å². The van der Waals surface area contributed by atoms with Crippen molar-refractivity contribution in [2.75, 3.05) is 12.4 Å². The fourth-order valence-corrected chi connectivity index (χ4v) is 3.28. The van der Waals surface area contributed by atoms with Gasteiger partial charge in [-0.05, 0) is 49.6 Å². The van der Waals surface area contributed by atoms with Gasteiger partial charge in [-0.2, -0.15) is 0 Å². The lowest BCUT2D eigenvalue weighted by Gasteiger charge is -2.00. The summed E-state index contributed by atoms with van der Waals surface area (Å²) in [5.74, 6) is 0.833. The fourth-order valence-electron chi connectivity index (χ4n) is 2.47. The van der Waals surface area contributed by atoms with E-state index >= 15 is 0 Å². The van der Waals surface area contributed by atoms with Crippen LogP contribution in [0.3, 0.4) is 0 Å². The minimum absolute atomic E-state index is 0.330. The second kappa shape index (κ2) is 14.9. The van der Waals surface area contributed by atoms with Gasteiger partial charge in [-0.3, -0.25) is 0 Å². The molecule has 4 heteroatoms. The van der Waals surface area contributed by atoms with Gasteiger partial charge in [-0.15, -0.1) is 11.8 Å². The van der Waals surface area contributed by atoms with Crippen LogP contribution in [0.1, 0.15) is 29.6 Å². The number of benzene rings is 2. The highest BCUT2D eigenvalue weighted by Crippen LogP contribution is 2.19. The molecule has 1 N–H and O–H groups in total. The highest BCUT2D eigenvalue weighted by Gasteiger charge is 2.02. The molecule has 0 radical (unpaired) electrons. The minimum atomic E-state index is -0.889. The summed E-state index contributed by atoms with van der Waals surface area (Å²) in [5.41, 5.74) is 0.330. The first-order valence-corrected chi connectivity index (χ1v) is 11.0. The van der Waals surface area contributed by atoms with Crippen molar-refractivity contribution in [2.24, 2.45) is 0 Å². The van der Waals surface area contributed by atoms with Crippen molar-refractivity contribution < 1.29 is 14.6 Å². The number of rotatable bonds is 13. The molecule has 3 nitrogen and oxygen atoms in total. The van der Waals surface area contributed by atoms with Gasteiger partial charge in [-0.25, -0.2) is 4.79 Å². The average molecular weight is 421 g/mol. The third kappa shape index (κ3) is 10.5. The SMILES string of the molecule is O=C(O)c1cccc(SCC=CCC=CCC=CCC=CCOc2ccccc2)c1. The van der Waals surface area contributed by atoms with Gasteiger partial charge in [0.2, 0.25) is 0 Å². The first-order valence-electron chi connectivity index (χ1n) is 9.99. The number of allylic oxidation sites excluding steroid dienone is 6. The number of hydrogen-bond acceptors (Lipinski definition) is 3. The maximum Gasteiger partial charge on any atom is 0.335 e. The third-order valence-corrected chi connectivity index (χ3v) is 4.95. The maximum absolute atomic E-state index is 11.0. The van der Waals surface area contributed by atoms with Crippen molar-refractivity contribution in [1.29, 1.82) is 0 Å². The molecule has 0 aliphatic carbocycles. The number of carboxylic acids is 1. The summed E-state index contributed by atoms with van der Waals surface area (Å²) in [6, 6.07) is 16.8. The van der Waals surface area contributed by atoms with E-state index in [-0.39, 0.29) is 0 Å². The zero-order valence-corrected chi connectivity index (χ0v) is 17.8. The molecule has 0 saturated carbocycles. The van der Waals surface area contributed by atoms with Crippen molar-refractivity contribution in [1.82, 2.24) is 0 Å². The molecule has 0 aromatic heterocycles. The van der Waals surface area contributed by atoms with Gasteiger partial charge in [0.15, 0.2) is 0 Å². The molecule has 30 heavy (non-hydrogen) atoms. The summed E-state index contributed by atoms with van der Waals surface area (Å²) < 4.78 is 5.59. The predicted molar refractivity (Wildman–Crippen MR) is 126 cm³/mol. The molecule has 0 bridgehead atoms. The summed E-state index contributed by atoms with van der Waals surface area (Å²) in [4.78, 5) is 11.9. The molecule has 0 fully saturated rings. The third-order valence-electron chi connectivity index (χ3n) is 4.00. The summed E-state index contributed by atoms with van der Waals surface area (Å²) in [7, 11) is 0. The molecular weight excluding hydrogens is 392 g/mol. The van der Waals surface area contributed by atoms with Gasteiger partial charge in [0.1, 0.15) is 12.4 Å². The van der Waals surface area contributed by atoms with Crippen LogP contribution < -0.4 is 4.74 Å². The standard InChI is InChI=1S/C26H28O3S/c27-26(28)23-16-15-19-25(22-23)30-21-14-9-7-5-3-1-2-4-6-8-13-20-29-24-17-11-10-12-18-24/h2-5,8-19,22H,1,6-7,20-21H2,(H,27,28). The molecule has 0 spiro atoms. The number of hydrogen-bond donors (Lipinski definition) is 1. The van der Waals surface area contributed by atoms with Crippen LogP contribution in [-0.4, -0.2) is 23.4 Å². The van der Waals surface area contributed by atoms with E-state index in [1.54, 1.807) is 30.0 Å².